The first-order valence-corrected chi connectivity index (χ1v) is 4.12. The van der Waals surface area contributed by atoms with E-state index in [1.807, 2.05) is 0 Å². The van der Waals surface area contributed by atoms with Crippen LogP contribution in [0, 0.1) is 6.92 Å². The fourth-order valence-corrected chi connectivity index (χ4v) is 0.913. The number of hydrogen-bond donors (Lipinski definition) is 1. The van der Waals surface area contributed by atoms with E-state index < -0.39 is 0 Å². The van der Waals surface area contributed by atoms with E-state index in [-0.39, 0.29) is 6.61 Å². The molecule has 0 spiro atoms. The molecule has 0 amide bonds. The molecule has 1 N–H and O–H groups in total. The zero-order valence-electron chi connectivity index (χ0n) is 7.40. The Morgan fingerprint density at radius 1 is 1.08 bits per heavy atom. The molecule has 0 unspecified atom stereocenters. The number of ether oxygens (including phenoxy) is 2. The summed E-state index contributed by atoms with van der Waals surface area (Å²) in [6.07, 6.45) is 0. The molecule has 1 radical (unpaired) electrons. The van der Waals surface area contributed by atoms with E-state index in [4.69, 9.17) is 14.6 Å². The molecule has 1 aromatic carbocycles. The van der Waals surface area contributed by atoms with Crippen molar-refractivity contribution >= 4 is 0 Å². The first-order chi connectivity index (χ1) is 6.36. The van der Waals surface area contributed by atoms with Gasteiger partial charge in [0.05, 0.1) is 13.2 Å². The van der Waals surface area contributed by atoms with Gasteiger partial charge in [-0.05, 0) is 31.2 Å². The Hall–Kier alpha value is -1.22. The highest BCUT2D eigenvalue weighted by molar-refractivity contribution is 5.31. The molecule has 0 bridgehead atoms. The van der Waals surface area contributed by atoms with Crippen molar-refractivity contribution in [1.29, 1.82) is 0 Å². The molecule has 0 atom stereocenters. The van der Waals surface area contributed by atoms with Crippen LogP contribution < -0.4 is 9.47 Å². The lowest BCUT2D eigenvalue weighted by Gasteiger charge is -2.05. The number of rotatable bonds is 5. The molecule has 1 rings (SSSR count). The average molecular weight is 181 g/mol. The summed E-state index contributed by atoms with van der Waals surface area (Å²) in [7, 11) is 0. The van der Waals surface area contributed by atoms with Crippen LogP contribution >= 0.6 is 0 Å². The van der Waals surface area contributed by atoms with Crippen LogP contribution in [-0.2, 0) is 0 Å². The summed E-state index contributed by atoms with van der Waals surface area (Å²) in [6, 6.07) is 7.19. The normalized spacial score (nSPS) is 9.69. The van der Waals surface area contributed by atoms with Gasteiger partial charge >= 0.3 is 0 Å². The molecule has 0 saturated carbocycles. The van der Waals surface area contributed by atoms with Crippen LogP contribution in [0.15, 0.2) is 24.3 Å². The molecule has 71 valence electrons. The molecular formula is C10H13O3. The molecule has 13 heavy (non-hydrogen) atoms. The fourth-order valence-electron chi connectivity index (χ4n) is 0.913. The van der Waals surface area contributed by atoms with Gasteiger partial charge in [-0.3, -0.25) is 0 Å². The zero-order valence-corrected chi connectivity index (χ0v) is 7.40. The zero-order chi connectivity index (χ0) is 9.52. The van der Waals surface area contributed by atoms with Gasteiger partial charge in [0.2, 0.25) is 0 Å². The Kier molecular flexibility index (Phi) is 4.12. The highest BCUT2D eigenvalue weighted by atomic mass is 16.5. The predicted octanol–water partition coefficient (Wildman–Crippen LogP) is 1.27. The molecular weight excluding hydrogens is 168 g/mol. The lowest BCUT2D eigenvalue weighted by Crippen LogP contribution is -2.01. The quantitative estimate of drug-likeness (QED) is 0.743. The van der Waals surface area contributed by atoms with E-state index in [9.17, 15) is 0 Å². The van der Waals surface area contributed by atoms with E-state index >= 15 is 0 Å². The van der Waals surface area contributed by atoms with Crippen molar-refractivity contribution in [2.24, 2.45) is 0 Å². The summed E-state index contributed by atoms with van der Waals surface area (Å²) in [4.78, 5) is 0. The first-order valence-electron chi connectivity index (χ1n) is 4.12. The minimum absolute atomic E-state index is 0.0249. The minimum Gasteiger partial charge on any atom is -0.494 e. The summed E-state index contributed by atoms with van der Waals surface area (Å²) in [6.45, 7) is 4.32. The first kappa shape index (κ1) is 9.86. The SMILES string of the molecule is [CH2]COc1ccc(OCCO)cc1. The monoisotopic (exact) mass is 181 g/mol. The fraction of sp³-hybridized carbons (Fsp3) is 0.300. The van der Waals surface area contributed by atoms with Crippen LogP contribution in [0.4, 0.5) is 0 Å². The Morgan fingerprint density at radius 2 is 1.62 bits per heavy atom. The van der Waals surface area contributed by atoms with Gasteiger partial charge in [0, 0.05) is 0 Å². The van der Waals surface area contributed by atoms with E-state index in [2.05, 4.69) is 6.92 Å². The third kappa shape index (κ3) is 3.34. The molecule has 0 heterocycles. The van der Waals surface area contributed by atoms with Gasteiger partial charge in [0.15, 0.2) is 0 Å². The highest BCUT2D eigenvalue weighted by Gasteiger charge is 1.94. The predicted molar refractivity (Wildman–Crippen MR) is 49.9 cm³/mol. The molecule has 3 nitrogen and oxygen atoms in total. The van der Waals surface area contributed by atoms with Gasteiger partial charge in [-0.2, -0.15) is 0 Å². The second kappa shape index (κ2) is 5.43. The molecule has 3 heteroatoms. The maximum absolute atomic E-state index is 8.51. The molecule has 1 aromatic rings. The van der Waals surface area contributed by atoms with E-state index in [0.29, 0.717) is 13.2 Å². The maximum atomic E-state index is 8.51. The molecule has 0 aliphatic heterocycles. The van der Waals surface area contributed by atoms with Crippen LogP contribution in [0.3, 0.4) is 0 Å². The van der Waals surface area contributed by atoms with Crippen molar-refractivity contribution < 1.29 is 14.6 Å². The average Bonchev–Trinajstić information content (AvgIpc) is 2.17. The van der Waals surface area contributed by atoms with Crippen LogP contribution in [0.25, 0.3) is 0 Å². The van der Waals surface area contributed by atoms with Gasteiger partial charge < -0.3 is 14.6 Å². The summed E-state index contributed by atoms with van der Waals surface area (Å²) >= 11 is 0. The summed E-state index contributed by atoms with van der Waals surface area (Å²) < 4.78 is 10.3. The van der Waals surface area contributed by atoms with Crippen molar-refractivity contribution in [3.8, 4) is 11.5 Å². The molecule has 0 fully saturated rings. The van der Waals surface area contributed by atoms with Crippen molar-refractivity contribution in [2.75, 3.05) is 19.8 Å². The Morgan fingerprint density at radius 3 is 2.08 bits per heavy atom. The summed E-state index contributed by atoms with van der Waals surface area (Å²) in [5.41, 5.74) is 0. The highest BCUT2D eigenvalue weighted by Crippen LogP contribution is 2.17. The van der Waals surface area contributed by atoms with Gasteiger partial charge in [0.1, 0.15) is 18.1 Å². The number of aliphatic hydroxyl groups excluding tert-OH is 1. The van der Waals surface area contributed by atoms with Crippen molar-refractivity contribution in [2.45, 2.75) is 0 Å². The van der Waals surface area contributed by atoms with Crippen LogP contribution in [0.2, 0.25) is 0 Å². The van der Waals surface area contributed by atoms with Gasteiger partial charge in [-0.25, -0.2) is 0 Å². The molecule has 0 aromatic heterocycles. The van der Waals surface area contributed by atoms with Crippen molar-refractivity contribution in [1.82, 2.24) is 0 Å². The van der Waals surface area contributed by atoms with E-state index in [1.165, 1.54) is 0 Å². The van der Waals surface area contributed by atoms with Gasteiger partial charge in [-0.15, -0.1) is 0 Å². The van der Waals surface area contributed by atoms with Crippen molar-refractivity contribution in [3.05, 3.63) is 31.2 Å². The summed E-state index contributed by atoms with van der Waals surface area (Å²) in [5.74, 6) is 1.50. The number of benzene rings is 1. The summed E-state index contributed by atoms with van der Waals surface area (Å²) in [5, 5.41) is 8.51. The second-order valence-electron chi connectivity index (χ2n) is 2.39. The topological polar surface area (TPSA) is 38.7 Å². The lowest BCUT2D eigenvalue weighted by molar-refractivity contribution is 0.201. The third-order valence-electron chi connectivity index (χ3n) is 1.45. The van der Waals surface area contributed by atoms with Crippen LogP contribution in [-0.4, -0.2) is 24.9 Å². The largest absolute Gasteiger partial charge is 0.494 e. The molecule has 0 aliphatic rings. The third-order valence-corrected chi connectivity index (χ3v) is 1.45. The van der Waals surface area contributed by atoms with Crippen molar-refractivity contribution in [3.63, 3.8) is 0 Å². The lowest BCUT2D eigenvalue weighted by atomic mass is 10.3. The minimum atomic E-state index is 0.0249. The van der Waals surface area contributed by atoms with Gasteiger partial charge in [0.25, 0.3) is 0 Å². The molecule has 0 saturated heterocycles. The Bertz CT molecular complexity index is 230. The maximum Gasteiger partial charge on any atom is 0.119 e. The number of aliphatic hydroxyl groups is 1. The van der Waals surface area contributed by atoms with Crippen LogP contribution in [0.5, 0.6) is 11.5 Å². The van der Waals surface area contributed by atoms with Crippen LogP contribution in [0.1, 0.15) is 0 Å². The van der Waals surface area contributed by atoms with E-state index in [1.54, 1.807) is 24.3 Å². The standard InChI is InChI=1S/C10H13O3/c1-2-12-9-3-5-10(6-4-9)13-8-7-11/h3-6,11H,1-2,7-8H2. The van der Waals surface area contributed by atoms with E-state index in [0.717, 1.165) is 11.5 Å². The molecule has 0 aliphatic carbocycles. The Balaban J connectivity index is 2.48. The smallest absolute Gasteiger partial charge is 0.119 e. The Labute approximate surface area is 77.9 Å². The van der Waals surface area contributed by atoms with Gasteiger partial charge in [-0.1, -0.05) is 0 Å². The second-order valence-corrected chi connectivity index (χ2v) is 2.39. The number of hydrogen-bond acceptors (Lipinski definition) is 3.